The lowest BCUT2D eigenvalue weighted by Gasteiger charge is -2.13. The number of nitrogens with one attached hydrogen (secondary N) is 1. The van der Waals surface area contributed by atoms with Crippen LogP contribution in [0.5, 0.6) is 0 Å². The van der Waals surface area contributed by atoms with Crippen molar-refractivity contribution in [3.63, 3.8) is 0 Å². The van der Waals surface area contributed by atoms with Crippen LogP contribution in [0.25, 0.3) is 0 Å². The van der Waals surface area contributed by atoms with Gasteiger partial charge in [0.05, 0.1) is 0 Å². The van der Waals surface area contributed by atoms with Crippen LogP contribution in [0.4, 0.5) is 0 Å². The van der Waals surface area contributed by atoms with Crippen LogP contribution in [0.15, 0.2) is 34.9 Å². The molecule has 0 bridgehead atoms. The van der Waals surface area contributed by atoms with E-state index in [2.05, 4.69) is 29.3 Å². The molecule has 5 heteroatoms. The van der Waals surface area contributed by atoms with E-state index in [0.717, 1.165) is 12.1 Å². The Kier molecular flexibility index (Phi) is 5.90. The average Bonchev–Trinajstić information content (AvgIpc) is 2.94. The Bertz CT molecular complexity index is 527. The molecule has 0 saturated carbocycles. The topological polar surface area (TPSA) is 60.2 Å². The summed E-state index contributed by atoms with van der Waals surface area (Å²) in [7, 11) is 0. The zero-order valence-corrected chi connectivity index (χ0v) is 12.9. The van der Waals surface area contributed by atoms with Crippen molar-refractivity contribution in [3.05, 3.63) is 47.6 Å². The summed E-state index contributed by atoms with van der Waals surface area (Å²) in [5.74, 6) is 1.22. The van der Waals surface area contributed by atoms with E-state index in [0.29, 0.717) is 30.8 Å². The molecule has 1 N–H and O–H groups in total. The SMILES string of the molecule is CCNC(C)Cc1nc(C(OCC)c2ccccc2)no1. The van der Waals surface area contributed by atoms with Gasteiger partial charge in [0.25, 0.3) is 0 Å². The molecule has 114 valence electrons. The maximum absolute atomic E-state index is 5.78. The number of nitrogens with zero attached hydrogens (tertiary/aromatic N) is 2. The van der Waals surface area contributed by atoms with Crippen LogP contribution in [0, 0.1) is 0 Å². The van der Waals surface area contributed by atoms with Gasteiger partial charge in [0.15, 0.2) is 0 Å². The highest BCUT2D eigenvalue weighted by Gasteiger charge is 2.21. The van der Waals surface area contributed by atoms with E-state index in [9.17, 15) is 0 Å². The molecule has 0 saturated heterocycles. The lowest BCUT2D eigenvalue weighted by Crippen LogP contribution is -2.27. The van der Waals surface area contributed by atoms with Gasteiger partial charge in [-0.1, -0.05) is 42.4 Å². The van der Waals surface area contributed by atoms with Crippen molar-refractivity contribution in [3.8, 4) is 0 Å². The van der Waals surface area contributed by atoms with Gasteiger partial charge in [-0.3, -0.25) is 0 Å². The lowest BCUT2D eigenvalue weighted by molar-refractivity contribution is 0.0833. The van der Waals surface area contributed by atoms with Crippen molar-refractivity contribution < 1.29 is 9.26 Å². The molecule has 0 amide bonds. The van der Waals surface area contributed by atoms with E-state index in [-0.39, 0.29) is 6.10 Å². The average molecular weight is 289 g/mol. The minimum atomic E-state index is -0.275. The summed E-state index contributed by atoms with van der Waals surface area (Å²) < 4.78 is 11.1. The molecule has 1 heterocycles. The third kappa shape index (κ3) is 4.37. The number of rotatable bonds is 8. The zero-order chi connectivity index (χ0) is 15.1. The van der Waals surface area contributed by atoms with Gasteiger partial charge in [0.1, 0.15) is 6.10 Å². The second-order valence-electron chi connectivity index (χ2n) is 4.96. The fourth-order valence-electron chi connectivity index (χ4n) is 2.25. The van der Waals surface area contributed by atoms with Gasteiger partial charge in [0.2, 0.25) is 11.7 Å². The van der Waals surface area contributed by atoms with E-state index in [1.165, 1.54) is 0 Å². The molecule has 2 atom stereocenters. The van der Waals surface area contributed by atoms with Crippen LogP contribution < -0.4 is 5.32 Å². The number of hydrogen-bond donors (Lipinski definition) is 1. The third-order valence-corrected chi connectivity index (χ3v) is 3.19. The zero-order valence-electron chi connectivity index (χ0n) is 12.9. The van der Waals surface area contributed by atoms with Crippen LogP contribution in [0.1, 0.15) is 44.2 Å². The summed E-state index contributed by atoms with van der Waals surface area (Å²) in [4.78, 5) is 4.49. The van der Waals surface area contributed by atoms with E-state index in [1.54, 1.807) is 0 Å². The Morgan fingerprint density at radius 2 is 2.00 bits per heavy atom. The molecule has 21 heavy (non-hydrogen) atoms. The largest absolute Gasteiger partial charge is 0.366 e. The van der Waals surface area contributed by atoms with Crippen LogP contribution in [-0.2, 0) is 11.2 Å². The Morgan fingerprint density at radius 3 is 2.67 bits per heavy atom. The first kappa shape index (κ1) is 15.7. The van der Waals surface area contributed by atoms with Crippen LogP contribution in [0.2, 0.25) is 0 Å². The van der Waals surface area contributed by atoms with E-state index < -0.39 is 0 Å². The molecule has 0 aliphatic heterocycles. The van der Waals surface area contributed by atoms with Crippen molar-refractivity contribution in [1.82, 2.24) is 15.5 Å². The lowest BCUT2D eigenvalue weighted by atomic mass is 10.1. The fraction of sp³-hybridized carbons (Fsp3) is 0.500. The summed E-state index contributed by atoms with van der Waals surface area (Å²) in [6.45, 7) is 7.66. The molecule has 5 nitrogen and oxygen atoms in total. The molecular weight excluding hydrogens is 266 g/mol. The summed E-state index contributed by atoms with van der Waals surface area (Å²) >= 11 is 0. The normalized spacial score (nSPS) is 14.0. The van der Waals surface area contributed by atoms with E-state index in [1.807, 2.05) is 37.3 Å². The maximum Gasteiger partial charge on any atom is 0.228 e. The monoisotopic (exact) mass is 289 g/mol. The first-order valence-corrected chi connectivity index (χ1v) is 7.47. The summed E-state index contributed by atoms with van der Waals surface area (Å²) in [6, 6.07) is 10.3. The quantitative estimate of drug-likeness (QED) is 0.809. The third-order valence-electron chi connectivity index (χ3n) is 3.19. The maximum atomic E-state index is 5.78. The van der Waals surface area contributed by atoms with E-state index in [4.69, 9.17) is 9.26 Å². The van der Waals surface area contributed by atoms with Gasteiger partial charge < -0.3 is 14.6 Å². The molecule has 1 aromatic carbocycles. The van der Waals surface area contributed by atoms with Gasteiger partial charge >= 0.3 is 0 Å². The molecule has 0 spiro atoms. The number of aromatic nitrogens is 2. The predicted molar refractivity (Wildman–Crippen MR) is 81.1 cm³/mol. The minimum absolute atomic E-state index is 0.275. The second-order valence-corrected chi connectivity index (χ2v) is 4.96. The van der Waals surface area contributed by atoms with Crippen molar-refractivity contribution in [1.29, 1.82) is 0 Å². The molecule has 1 aromatic heterocycles. The highest BCUT2D eigenvalue weighted by atomic mass is 16.5. The van der Waals surface area contributed by atoms with Gasteiger partial charge in [-0.05, 0) is 26.0 Å². The molecule has 0 aliphatic rings. The molecule has 2 rings (SSSR count). The number of likely N-dealkylation sites (N-methyl/N-ethyl adjacent to an activating group) is 1. The molecule has 0 radical (unpaired) electrons. The summed E-state index contributed by atoms with van der Waals surface area (Å²) in [6.07, 6.45) is 0.442. The summed E-state index contributed by atoms with van der Waals surface area (Å²) in [5.41, 5.74) is 1.03. The van der Waals surface area contributed by atoms with Crippen LogP contribution >= 0.6 is 0 Å². The number of benzene rings is 1. The van der Waals surface area contributed by atoms with Crippen molar-refractivity contribution in [2.45, 2.75) is 39.3 Å². The predicted octanol–water partition coefficient (Wildman–Crippen LogP) is 2.74. The number of ether oxygens (including phenoxy) is 1. The highest BCUT2D eigenvalue weighted by molar-refractivity contribution is 5.22. The molecule has 0 aliphatic carbocycles. The first-order chi connectivity index (χ1) is 10.2. The van der Waals surface area contributed by atoms with Crippen LogP contribution in [-0.4, -0.2) is 29.3 Å². The molecule has 2 aromatic rings. The second kappa shape index (κ2) is 7.90. The summed E-state index contributed by atoms with van der Waals surface area (Å²) in [5, 5.41) is 7.42. The van der Waals surface area contributed by atoms with Crippen molar-refractivity contribution in [2.24, 2.45) is 0 Å². The molecule has 2 unspecified atom stereocenters. The smallest absolute Gasteiger partial charge is 0.228 e. The number of hydrogen-bond acceptors (Lipinski definition) is 5. The minimum Gasteiger partial charge on any atom is -0.366 e. The van der Waals surface area contributed by atoms with Gasteiger partial charge in [-0.15, -0.1) is 0 Å². The van der Waals surface area contributed by atoms with Crippen LogP contribution in [0.3, 0.4) is 0 Å². The Labute approximate surface area is 125 Å². The van der Waals surface area contributed by atoms with Gasteiger partial charge in [-0.2, -0.15) is 4.98 Å². The first-order valence-electron chi connectivity index (χ1n) is 7.47. The fourth-order valence-corrected chi connectivity index (χ4v) is 2.25. The highest BCUT2D eigenvalue weighted by Crippen LogP contribution is 2.23. The molecule has 0 fully saturated rings. The Morgan fingerprint density at radius 1 is 1.24 bits per heavy atom. The van der Waals surface area contributed by atoms with Gasteiger partial charge in [-0.25, -0.2) is 0 Å². The Balaban J connectivity index is 2.13. The van der Waals surface area contributed by atoms with Crippen molar-refractivity contribution in [2.75, 3.05) is 13.2 Å². The van der Waals surface area contributed by atoms with Gasteiger partial charge in [0, 0.05) is 19.1 Å². The van der Waals surface area contributed by atoms with Crippen molar-refractivity contribution >= 4 is 0 Å². The standard InChI is InChI=1S/C16H23N3O2/c1-4-17-12(3)11-14-18-16(19-21-14)15(20-5-2)13-9-7-6-8-10-13/h6-10,12,15,17H,4-5,11H2,1-3H3. The van der Waals surface area contributed by atoms with E-state index >= 15 is 0 Å². The Hall–Kier alpha value is -1.72. The molecular formula is C16H23N3O2.